The van der Waals surface area contributed by atoms with Gasteiger partial charge in [0.1, 0.15) is 4.83 Å². The Morgan fingerprint density at radius 1 is 1.37 bits per heavy atom. The molecule has 0 aromatic carbocycles. The first-order valence-corrected chi connectivity index (χ1v) is 11.5. The van der Waals surface area contributed by atoms with E-state index in [4.69, 9.17) is 4.98 Å². The first-order chi connectivity index (χ1) is 12.9. The molecule has 27 heavy (non-hydrogen) atoms. The number of fused-ring (bicyclic) bond motifs is 1. The summed E-state index contributed by atoms with van der Waals surface area (Å²) in [5, 5.41) is 6.29. The number of rotatable bonds is 7. The number of nitrogens with one attached hydrogen (secondary N) is 1. The zero-order valence-electron chi connectivity index (χ0n) is 15.9. The molecule has 0 atom stereocenters. The molecular formula is C19H23N3O2S3. The van der Waals surface area contributed by atoms with Crippen LogP contribution >= 0.6 is 34.4 Å². The number of nitrogens with zero attached hydrogens (tertiary/aromatic N) is 2. The van der Waals surface area contributed by atoms with E-state index < -0.39 is 0 Å². The molecule has 3 rings (SSSR count). The summed E-state index contributed by atoms with van der Waals surface area (Å²) in [5.41, 5.74) is 0.988. The van der Waals surface area contributed by atoms with Crippen LogP contribution in [0.4, 0.5) is 0 Å². The lowest BCUT2D eigenvalue weighted by Gasteiger charge is -2.15. The van der Waals surface area contributed by atoms with Crippen molar-refractivity contribution in [2.75, 3.05) is 12.3 Å². The third-order valence-electron chi connectivity index (χ3n) is 4.33. The number of amides is 1. The Labute approximate surface area is 170 Å². The fourth-order valence-corrected chi connectivity index (χ4v) is 5.54. The third-order valence-corrected chi connectivity index (χ3v) is 7.32. The van der Waals surface area contributed by atoms with E-state index in [1.165, 1.54) is 28.0 Å². The number of hydrogen-bond acceptors (Lipinski definition) is 6. The maximum absolute atomic E-state index is 13.0. The molecule has 3 heterocycles. The minimum absolute atomic E-state index is 0.0154. The van der Waals surface area contributed by atoms with Gasteiger partial charge in [0.2, 0.25) is 5.91 Å². The number of carbonyl (C=O) groups excluding carboxylic acids is 1. The van der Waals surface area contributed by atoms with Crippen molar-refractivity contribution in [3.63, 3.8) is 0 Å². The van der Waals surface area contributed by atoms with Gasteiger partial charge in [-0.1, -0.05) is 17.8 Å². The second-order valence-electron chi connectivity index (χ2n) is 6.59. The average molecular weight is 422 g/mol. The Morgan fingerprint density at radius 3 is 2.81 bits per heavy atom. The summed E-state index contributed by atoms with van der Waals surface area (Å²) in [6.45, 7) is 8.53. The molecule has 0 bridgehead atoms. The largest absolute Gasteiger partial charge is 0.355 e. The number of hydrogen-bond donors (Lipinski definition) is 1. The summed E-state index contributed by atoms with van der Waals surface area (Å²) in [7, 11) is 0. The molecule has 0 unspecified atom stereocenters. The lowest BCUT2D eigenvalue weighted by molar-refractivity contribution is -0.118. The van der Waals surface area contributed by atoms with Gasteiger partial charge in [-0.25, -0.2) is 4.98 Å². The Balaban J connectivity index is 1.73. The number of thiophene rings is 2. The van der Waals surface area contributed by atoms with Crippen LogP contribution in [-0.4, -0.2) is 27.8 Å². The number of aromatic nitrogens is 2. The van der Waals surface area contributed by atoms with Crippen molar-refractivity contribution in [2.45, 2.75) is 45.3 Å². The molecule has 0 aliphatic heterocycles. The predicted octanol–water partition coefficient (Wildman–Crippen LogP) is 4.17. The van der Waals surface area contributed by atoms with Crippen LogP contribution in [-0.2, 0) is 11.2 Å². The molecule has 0 radical (unpaired) electrons. The van der Waals surface area contributed by atoms with Crippen molar-refractivity contribution in [3.05, 3.63) is 43.2 Å². The Hall–Kier alpha value is -1.64. The second kappa shape index (κ2) is 8.58. The molecule has 3 aromatic heterocycles. The van der Waals surface area contributed by atoms with Crippen LogP contribution in [0.2, 0.25) is 0 Å². The van der Waals surface area contributed by atoms with E-state index in [2.05, 4.69) is 11.4 Å². The zero-order chi connectivity index (χ0) is 19.6. The van der Waals surface area contributed by atoms with E-state index in [0.717, 1.165) is 21.7 Å². The average Bonchev–Trinajstić information content (AvgIpc) is 3.21. The fourth-order valence-electron chi connectivity index (χ4n) is 2.81. The van der Waals surface area contributed by atoms with E-state index in [-0.39, 0.29) is 23.3 Å². The van der Waals surface area contributed by atoms with Crippen LogP contribution in [0, 0.1) is 13.8 Å². The zero-order valence-corrected chi connectivity index (χ0v) is 18.3. The molecule has 5 nitrogen and oxygen atoms in total. The molecule has 3 aromatic rings. The quantitative estimate of drug-likeness (QED) is 0.459. The van der Waals surface area contributed by atoms with Gasteiger partial charge in [-0.05, 0) is 51.1 Å². The third kappa shape index (κ3) is 4.44. The fraction of sp³-hybridized carbons (Fsp3) is 0.421. The number of carbonyl (C=O) groups is 1. The summed E-state index contributed by atoms with van der Waals surface area (Å²) in [6.07, 6.45) is 0.836. The smallest absolute Gasteiger partial charge is 0.263 e. The van der Waals surface area contributed by atoms with E-state index in [1.807, 2.05) is 39.1 Å². The topological polar surface area (TPSA) is 64.0 Å². The monoisotopic (exact) mass is 421 g/mol. The molecule has 8 heteroatoms. The Morgan fingerprint density at radius 2 is 2.15 bits per heavy atom. The maximum atomic E-state index is 13.0. The highest BCUT2D eigenvalue weighted by Gasteiger charge is 2.19. The van der Waals surface area contributed by atoms with Gasteiger partial charge in [0.15, 0.2) is 5.16 Å². The highest BCUT2D eigenvalue weighted by Crippen LogP contribution is 2.29. The van der Waals surface area contributed by atoms with Crippen LogP contribution in [0.1, 0.15) is 35.2 Å². The van der Waals surface area contributed by atoms with Gasteiger partial charge < -0.3 is 5.32 Å². The van der Waals surface area contributed by atoms with Gasteiger partial charge in [0.05, 0.1) is 11.1 Å². The van der Waals surface area contributed by atoms with Crippen molar-refractivity contribution in [3.8, 4) is 0 Å². The summed E-state index contributed by atoms with van der Waals surface area (Å²) in [5.74, 6) is 0.207. The predicted molar refractivity (Wildman–Crippen MR) is 115 cm³/mol. The molecule has 0 spiro atoms. The molecular weight excluding hydrogens is 398 g/mol. The van der Waals surface area contributed by atoms with Crippen LogP contribution in [0.25, 0.3) is 10.2 Å². The summed E-state index contributed by atoms with van der Waals surface area (Å²) < 4.78 is 1.70. The molecule has 1 amide bonds. The van der Waals surface area contributed by atoms with Gasteiger partial charge >= 0.3 is 0 Å². The van der Waals surface area contributed by atoms with E-state index in [0.29, 0.717) is 17.1 Å². The Bertz CT molecular complexity index is 1000. The van der Waals surface area contributed by atoms with Crippen molar-refractivity contribution in [1.82, 2.24) is 14.9 Å². The first kappa shape index (κ1) is 20.1. The molecule has 1 N–H and O–H groups in total. The summed E-state index contributed by atoms with van der Waals surface area (Å²) in [4.78, 5) is 33.0. The molecule has 0 saturated heterocycles. The minimum atomic E-state index is -0.0419. The highest BCUT2D eigenvalue weighted by atomic mass is 32.2. The lowest BCUT2D eigenvalue weighted by atomic mass is 10.2. The number of aryl methyl sites for hydroxylation is 2. The molecule has 0 aliphatic rings. The Kier molecular flexibility index (Phi) is 6.39. The van der Waals surface area contributed by atoms with Crippen molar-refractivity contribution in [2.24, 2.45) is 0 Å². The van der Waals surface area contributed by atoms with Crippen LogP contribution < -0.4 is 10.9 Å². The van der Waals surface area contributed by atoms with Gasteiger partial charge in [-0.2, -0.15) is 0 Å². The lowest BCUT2D eigenvalue weighted by Crippen LogP contribution is -2.28. The van der Waals surface area contributed by atoms with E-state index >= 15 is 0 Å². The molecule has 0 saturated carbocycles. The minimum Gasteiger partial charge on any atom is -0.355 e. The summed E-state index contributed by atoms with van der Waals surface area (Å²) in [6, 6.07) is 4.06. The molecule has 0 fully saturated rings. The number of thioether (sulfide) groups is 1. The normalized spacial score (nSPS) is 11.4. The molecule has 144 valence electrons. The second-order valence-corrected chi connectivity index (χ2v) is 9.77. The van der Waals surface area contributed by atoms with Gasteiger partial charge in [-0.15, -0.1) is 22.7 Å². The van der Waals surface area contributed by atoms with E-state index in [9.17, 15) is 9.59 Å². The maximum Gasteiger partial charge on any atom is 0.263 e. The van der Waals surface area contributed by atoms with Gasteiger partial charge in [-0.3, -0.25) is 14.2 Å². The SMILES string of the molecule is Cc1sc2nc(SCC(=O)NCCc3cccs3)n(C(C)C)c(=O)c2c1C. The van der Waals surface area contributed by atoms with Crippen molar-refractivity contribution >= 4 is 50.6 Å². The van der Waals surface area contributed by atoms with Crippen LogP contribution in [0.3, 0.4) is 0 Å². The van der Waals surface area contributed by atoms with Crippen molar-refractivity contribution in [1.29, 1.82) is 0 Å². The highest BCUT2D eigenvalue weighted by molar-refractivity contribution is 7.99. The van der Waals surface area contributed by atoms with Gasteiger partial charge in [0, 0.05) is 22.3 Å². The standard InChI is InChI=1S/C19H23N3O2S3/c1-11(2)22-18(24)16-12(3)13(4)27-17(16)21-19(22)26-10-15(23)20-8-7-14-6-5-9-25-14/h5-6,9,11H,7-8,10H2,1-4H3,(H,20,23). The first-order valence-electron chi connectivity index (χ1n) is 8.82. The van der Waals surface area contributed by atoms with Crippen LogP contribution in [0.15, 0.2) is 27.5 Å². The van der Waals surface area contributed by atoms with Gasteiger partial charge in [0.25, 0.3) is 5.56 Å². The van der Waals surface area contributed by atoms with Crippen molar-refractivity contribution < 1.29 is 4.79 Å². The molecule has 0 aliphatic carbocycles. The van der Waals surface area contributed by atoms with E-state index in [1.54, 1.807) is 15.9 Å². The van der Waals surface area contributed by atoms with Crippen LogP contribution in [0.5, 0.6) is 0 Å². The summed E-state index contributed by atoms with van der Waals surface area (Å²) >= 11 is 4.55.